The fraction of sp³-hybridized carbons (Fsp3) is 0.300. The molecule has 0 spiro atoms. The number of amides is 3. The number of aryl methyl sites for hydroxylation is 2. The van der Waals surface area contributed by atoms with E-state index in [9.17, 15) is 14.4 Å². The first-order valence-corrected chi connectivity index (χ1v) is 12.9. The minimum atomic E-state index is -1.09. The third-order valence-corrected chi connectivity index (χ3v) is 7.21. The van der Waals surface area contributed by atoms with Crippen molar-refractivity contribution in [3.05, 3.63) is 88.4 Å². The van der Waals surface area contributed by atoms with Gasteiger partial charge in [0.2, 0.25) is 5.91 Å². The second-order valence-electron chi connectivity index (χ2n) is 9.69. The summed E-state index contributed by atoms with van der Waals surface area (Å²) in [7, 11) is 0. The highest BCUT2D eigenvalue weighted by Crippen LogP contribution is 2.40. The van der Waals surface area contributed by atoms with Crippen LogP contribution in [0.2, 0.25) is 5.02 Å². The van der Waals surface area contributed by atoms with Gasteiger partial charge in [-0.2, -0.15) is 0 Å². The van der Waals surface area contributed by atoms with Crippen LogP contribution in [0.25, 0.3) is 0 Å². The van der Waals surface area contributed by atoms with E-state index < -0.39 is 5.54 Å². The quantitative estimate of drug-likeness (QED) is 0.373. The Labute approximate surface area is 223 Å². The van der Waals surface area contributed by atoms with Gasteiger partial charge in [-0.3, -0.25) is 19.3 Å². The van der Waals surface area contributed by atoms with Crippen molar-refractivity contribution in [2.24, 2.45) is 0 Å². The van der Waals surface area contributed by atoms with Crippen LogP contribution in [0.1, 0.15) is 60.5 Å². The average Bonchev–Trinajstić information content (AvgIpc) is 2.87. The van der Waals surface area contributed by atoms with Crippen LogP contribution in [0, 0.1) is 13.8 Å². The summed E-state index contributed by atoms with van der Waals surface area (Å²) in [4.78, 5) is 41.5. The first-order chi connectivity index (χ1) is 17.7. The molecule has 1 aliphatic rings. The lowest BCUT2D eigenvalue weighted by atomic mass is 9.78. The van der Waals surface area contributed by atoms with E-state index in [1.165, 1.54) is 6.92 Å². The molecular weight excluding hydrogens is 486 g/mol. The van der Waals surface area contributed by atoms with E-state index in [2.05, 4.69) is 10.6 Å². The molecule has 37 heavy (non-hydrogen) atoms. The molecule has 0 radical (unpaired) electrons. The van der Waals surface area contributed by atoms with Gasteiger partial charge in [-0.1, -0.05) is 55.1 Å². The highest BCUT2D eigenvalue weighted by Gasteiger charge is 2.48. The summed E-state index contributed by atoms with van der Waals surface area (Å²) in [6.07, 6.45) is 3.72. The number of nitrogens with one attached hydrogen (secondary N) is 2. The normalized spacial score (nSPS) is 14.5. The summed E-state index contributed by atoms with van der Waals surface area (Å²) < 4.78 is 0. The minimum absolute atomic E-state index is 0.191. The molecule has 0 heterocycles. The standard InChI is InChI=1S/C30H32ClN3O3/c1-20-9-7-10-21(2)27(20)33-29(37)30(17-5-4-6-18-30)34(26-12-8-11-24(31)19-26)28(36)23-13-15-25(16-14-23)32-22(3)35/h7-16,19H,4-6,17-18H2,1-3H3,(H,32,35)(H,33,37). The number of halogens is 1. The molecule has 0 aliphatic heterocycles. The Kier molecular flexibility index (Phi) is 7.98. The van der Waals surface area contributed by atoms with Gasteiger partial charge >= 0.3 is 0 Å². The molecule has 0 saturated heterocycles. The number of nitrogens with zero attached hydrogens (tertiary/aromatic N) is 1. The molecule has 3 amide bonds. The highest BCUT2D eigenvalue weighted by atomic mass is 35.5. The number of hydrogen-bond acceptors (Lipinski definition) is 3. The molecule has 1 fully saturated rings. The summed E-state index contributed by atoms with van der Waals surface area (Å²) in [5, 5.41) is 6.38. The van der Waals surface area contributed by atoms with Crippen molar-refractivity contribution in [3.8, 4) is 0 Å². The summed E-state index contributed by atoms with van der Waals surface area (Å²) >= 11 is 6.37. The van der Waals surface area contributed by atoms with Gasteiger partial charge in [0.05, 0.1) is 0 Å². The molecule has 7 heteroatoms. The number of para-hydroxylation sites is 1. The Balaban J connectivity index is 1.81. The Morgan fingerprint density at radius 3 is 2.05 bits per heavy atom. The van der Waals surface area contributed by atoms with E-state index in [-0.39, 0.29) is 17.7 Å². The molecule has 3 aromatic carbocycles. The molecule has 0 atom stereocenters. The van der Waals surface area contributed by atoms with Gasteiger partial charge in [0.25, 0.3) is 11.8 Å². The zero-order chi connectivity index (χ0) is 26.6. The molecule has 6 nitrogen and oxygen atoms in total. The van der Waals surface area contributed by atoms with Crippen molar-refractivity contribution in [3.63, 3.8) is 0 Å². The third-order valence-electron chi connectivity index (χ3n) is 6.97. The van der Waals surface area contributed by atoms with Crippen LogP contribution in [0.4, 0.5) is 17.1 Å². The molecule has 1 saturated carbocycles. The number of anilines is 3. The van der Waals surface area contributed by atoms with E-state index in [1.807, 2.05) is 38.1 Å². The zero-order valence-corrected chi connectivity index (χ0v) is 22.2. The lowest BCUT2D eigenvalue weighted by molar-refractivity contribution is -0.122. The van der Waals surface area contributed by atoms with E-state index in [0.717, 1.165) is 36.1 Å². The van der Waals surface area contributed by atoms with Crippen molar-refractivity contribution in [2.75, 3.05) is 15.5 Å². The second kappa shape index (κ2) is 11.2. The van der Waals surface area contributed by atoms with E-state index in [4.69, 9.17) is 11.6 Å². The molecule has 4 rings (SSSR count). The SMILES string of the molecule is CC(=O)Nc1ccc(C(=O)N(c2cccc(Cl)c2)C2(C(=O)Nc3c(C)cccc3C)CCCCC2)cc1. The van der Waals surface area contributed by atoms with Gasteiger partial charge < -0.3 is 10.6 Å². The fourth-order valence-corrected chi connectivity index (χ4v) is 5.32. The van der Waals surface area contributed by atoms with Crippen molar-refractivity contribution in [1.29, 1.82) is 0 Å². The molecule has 2 N–H and O–H groups in total. The fourth-order valence-electron chi connectivity index (χ4n) is 5.13. The minimum Gasteiger partial charge on any atom is -0.326 e. The summed E-state index contributed by atoms with van der Waals surface area (Å²) in [5.74, 6) is -0.688. The second-order valence-corrected chi connectivity index (χ2v) is 10.1. The predicted octanol–water partition coefficient (Wildman–Crippen LogP) is 6.90. The summed E-state index contributed by atoms with van der Waals surface area (Å²) in [6, 6.07) is 19.7. The van der Waals surface area contributed by atoms with Crippen molar-refractivity contribution < 1.29 is 14.4 Å². The number of rotatable bonds is 6. The van der Waals surface area contributed by atoms with Gasteiger partial charge in [0.15, 0.2) is 0 Å². The van der Waals surface area contributed by atoms with Gasteiger partial charge in [0, 0.05) is 34.6 Å². The molecule has 192 valence electrons. The molecule has 0 unspecified atom stereocenters. The Morgan fingerprint density at radius 1 is 0.838 bits per heavy atom. The number of hydrogen-bond donors (Lipinski definition) is 2. The lowest BCUT2D eigenvalue weighted by Crippen LogP contribution is -2.60. The lowest BCUT2D eigenvalue weighted by Gasteiger charge is -2.45. The smallest absolute Gasteiger partial charge is 0.259 e. The molecule has 1 aliphatic carbocycles. The van der Waals surface area contributed by atoms with Crippen LogP contribution in [0.5, 0.6) is 0 Å². The highest BCUT2D eigenvalue weighted by molar-refractivity contribution is 6.31. The van der Waals surface area contributed by atoms with Crippen LogP contribution < -0.4 is 15.5 Å². The van der Waals surface area contributed by atoms with Gasteiger partial charge in [0.1, 0.15) is 5.54 Å². The Hall–Kier alpha value is -3.64. The van der Waals surface area contributed by atoms with E-state index >= 15 is 0 Å². The van der Waals surface area contributed by atoms with E-state index in [1.54, 1.807) is 47.4 Å². The Bertz CT molecular complexity index is 1290. The van der Waals surface area contributed by atoms with Crippen LogP contribution in [-0.4, -0.2) is 23.3 Å². The topological polar surface area (TPSA) is 78.5 Å². The molecule has 3 aromatic rings. The Morgan fingerprint density at radius 2 is 1.46 bits per heavy atom. The molecular formula is C30H32ClN3O3. The maximum atomic E-state index is 14.2. The first-order valence-electron chi connectivity index (χ1n) is 12.6. The number of carbonyl (C=O) groups excluding carboxylic acids is 3. The van der Waals surface area contributed by atoms with Crippen LogP contribution in [0.3, 0.4) is 0 Å². The molecule has 0 bridgehead atoms. The maximum Gasteiger partial charge on any atom is 0.259 e. The van der Waals surface area contributed by atoms with Crippen LogP contribution >= 0.6 is 11.6 Å². The van der Waals surface area contributed by atoms with Crippen molar-refractivity contribution in [2.45, 2.75) is 58.4 Å². The van der Waals surface area contributed by atoms with Gasteiger partial charge in [-0.05, 0) is 80.3 Å². The first kappa shape index (κ1) is 26.4. The molecule has 0 aromatic heterocycles. The number of benzene rings is 3. The average molecular weight is 518 g/mol. The largest absolute Gasteiger partial charge is 0.326 e. The maximum absolute atomic E-state index is 14.2. The van der Waals surface area contributed by atoms with Crippen LogP contribution in [0.15, 0.2) is 66.7 Å². The third kappa shape index (κ3) is 5.70. The van der Waals surface area contributed by atoms with Gasteiger partial charge in [-0.15, -0.1) is 0 Å². The van der Waals surface area contributed by atoms with Crippen molar-refractivity contribution >= 4 is 46.4 Å². The monoisotopic (exact) mass is 517 g/mol. The number of carbonyl (C=O) groups is 3. The summed E-state index contributed by atoms with van der Waals surface area (Å²) in [6.45, 7) is 5.36. The predicted molar refractivity (Wildman–Crippen MR) is 149 cm³/mol. The zero-order valence-electron chi connectivity index (χ0n) is 21.4. The van der Waals surface area contributed by atoms with Crippen molar-refractivity contribution in [1.82, 2.24) is 0 Å². The summed E-state index contributed by atoms with van der Waals surface area (Å²) in [5.41, 5.74) is 3.20. The van der Waals surface area contributed by atoms with Gasteiger partial charge in [-0.25, -0.2) is 0 Å². The van der Waals surface area contributed by atoms with E-state index in [0.29, 0.717) is 34.8 Å². The van der Waals surface area contributed by atoms with Crippen LogP contribution in [-0.2, 0) is 9.59 Å².